The summed E-state index contributed by atoms with van der Waals surface area (Å²) < 4.78 is 20.4. The summed E-state index contributed by atoms with van der Waals surface area (Å²) in [6.45, 7) is 11.0. The molecule has 2 fully saturated rings. The molecule has 6 rings (SSSR count). The second kappa shape index (κ2) is 11.9. The number of hydrogen-bond acceptors (Lipinski definition) is 9. The number of likely N-dealkylation sites (N-methyl/N-ethyl adjacent to an activating group) is 1. The van der Waals surface area contributed by atoms with E-state index in [1.165, 1.54) is 0 Å². The maximum Gasteiger partial charge on any atom is 0.313 e. The van der Waals surface area contributed by atoms with Crippen LogP contribution in [0.25, 0.3) is 22.3 Å². The second-order valence-electron chi connectivity index (χ2n) is 12.5. The van der Waals surface area contributed by atoms with Crippen molar-refractivity contribution in [2.24, 2.45) is 11.8 Å². The Bertz CT molecular complexity index is 1650. The van der Waals surface area contributed by atoms with E-state index in [1.807, 2.05) is 38.0 Å². The molecule has 0 bridgehead atoms. The molecule has 238 valence electrons. The summed E-state index contributed by atoms with van der Waals surface area (Å²) in [6, 6.07) is 0. The largest absolute Gasteiger partial charge is 0.355 e. The minimum atomic E-state index is -0.282. The highest BCUT2D eigenvalue weighted by Crippen LogP contribution is 2.33. The lowest BCUT2D eigenvalue weighted by atomic mass is 10.0. The molecule has 4 aromatic heterocycles. The predicted octanol–water partition coefficient (Wildman–Crippen LogP) is 0.801. The van der Waals surface area contributed by atoms with Gasteiger partial charge in [0.05, 0.1) is 25.3 Å². The van der Waals surface area contributed by atoms with Crippen molar-refractivity contribution >= 4 is 34.2 Å². The molecule has 0 aromatic carbocycles. The van der Waals surface area contributed by atoms with Crippen molar-refractivity contribution in [1.82, 2.24) is 34.0 Å². The molecule has 6 heterocycles. The van der Waals surface area contributed by atoms with Crippen LogP contribution in [0.15, 0.2) is 22.2 Å². The van der Waals surface area contributed by atoms with Crippen LogP contribution in [0.3, 0.4) is 0 Å². The molecule has 2 aliphatic rings. The summed E-state index contributed by atoms with van der Waals surface area (Å²) >= 11 is 0. The minimum absolute atomic E-state index is 0.0781. The lowest BCUT2D eigenvalue weighted by Gasteiger charge is -2.15. The molecule has 0 spiro atoms. The van der Waals surface area contributed by atoms with Crippen LogP contribution < -0.4 is 31.7 Å². The topological polar surface area (TPSA) is 183 Å². The Labute approximate surface area is 254 Å². The smallest absolute Gasteiger partial charge is 0.313 e. The Morgan fingerprint density at radius 1 is 0.841 bits per heavy atom. The summed E-state index contributed by atoms with van der Waals surface area (Å²) in [5.74, 6) is 0.962. The zero-order valence-corrected chi connectivity index (χ0v) is 26.2. The van der Waals surface area contributed by atoms with Gasteiger partial charge in [0, 0.05) is 25.9 Å². The van der Waals surface area contributed by atoms with Crippen LogP contribution in [0.2, 0.25) is 0 Å². The number of fused-ring (bicyclic) bond motifs is 2. The van der Waals surface area contributed by atoms with Gasteiger partial charge in [-0.25, -0.2) is 9.13 Å². The fourth-order valence-electron chi connectivity index (χ4n) is 6.85. The molecule has 2 saturated heterocycles. The monoisotopic (exact) mass is 611 g/mol. The van der Waals surface area contributed by atoms with Gasteiger partial charge in [-0.05, 0) is 31.7 Å². The van der Waals surface area contributed by atoms with Crippen LogP contribution in [0, 0.1) is 11.8 Å². The van der Waals surface area contributed by atoms with Gasteiger partial charge in [-0.3, -0.25) is 28.7 Å². The van der Waals surface area contributed by atoms with Crippen molar-refractivity contribution in [2.45, 2.75) is 91.1 Å². The average molecular weight is 612 g/mol. The molecule has 44 heavy (non-hydrogen) atoms. The maximum absolute atomic E-state index is 13.0. The normalized spacial score (nSPS) is 25.7. The zero-order valence-electron chi connectivity index (χ0n) is 26.2. The van der Waals surface area contributed by atoms with E-state index in [4.69, 9.17) is 20.9 Å². The van der Waals surface area contributed by atoms with Gasteiger partial charge in [-0.1, -0.05) is 37.7 Å². The van der Waals surface area contributed by atoms with Crippen molar-refractivity contribution in [3.05, 3.63) is 33.4 Å². The standard InChI is InChI=1S/C29H43N11O4/c1-6-18-16(3)12-20(43-18)39-14-37(22-24(39)32-28(30)34-26(22)41)10-8-36(5)9-11-38-15-40(21-13-17(4)19(7-2)44-21)25-23(38)27(42)35-29(31)33-25/h14-21H,6-13H2,1-5H3,(H4-2,30,31,32,33,34,35,41,42)/p+2/t16-,17-,18-,19-,20-,21-/m1/s1. The van der Waals surface area contributed by atoms with Crippen LogP contribution in [-0.2, 0) is 22.6 Å². The molecule has 0 unspecified atom stereocenters. The lowest BCUT2D eigenvalue weighted by Crippen LogP contribution is -2.39. The van der Waals surface area contributed by atoms with Crippen LogP contribution in [0.4, 0.5) is 11.9 Å². The third-order valence-corrected chi connectivity index (χ3v) is 9.33. The SMILES string of the molecule is CC[C@H]1O[C@@H]([n+]2cn(CCN(C)CCn3c[n+]([C@H]4C[C@@H](C)[C@@H](CC)O4)c4nc(N)[nH]c(=O)c43)c3c(=O)[nH]c(N)nc32)C[C@H]1C. The first kappa shape index (κ1) is 30.2. The van der Waals surface area contributed by atoms with E-state index in [0.717, 1.165) is 25.7 Å². The third-order valence-electron chi connectivity index (χ3n) is 9.33. The van der Waals surface area contributed by atoms with Crippen molar-refractivity contribution in [2.75, 3.05) is 31.6 Å². The van der Waals surface area contributed by atoms with Gasteiger partial charge < -0.3 is 25.8 Å². The van der Waals surface area contributed by atoms with Gasteiger partial charge in [0.25, 0.3) is 23.0 Å². The molecule has 0 saturated carbocycles. The van der Waals surface area contributed by atoms with E-state index >= 15 is 0 Å². The van der Waals surface area contributed by atoms with Gasteiger partial charge in [0.1, 0.15) is 0 Å². The number of nitrogen functional groups attached to an aromatic ring is 2. The Morgan fingerprint density at radius 3 is 1.61 bits per heavy atom. The van der Waals surface area contributed by atoms with Gasteiger partial charge in [0.15, 0.2) is 25.1 Å². The lowest BCUT2D eigenvalue weighted by molar-refractivity contribution is -0.739. The molecular formula is C29H45N11O4+2. The number of H-pyrrole nitrogens is 2. The summed E-state index contributed by atoms with van der Waals surface area (Å²) in [5.41, 5.74) is 13.3. The molecule has 15 nitrogen and oxygen atoms in total. The van der Waals surface area contributed by atoms with Crippen molar-refractivity contribution in [3.63, 3.8) is 0 Å². The van der Waals surface area contributed by atoms with E-state index in [0.29, 0.717) is 60.3 Å². The molecule has 0 radical (unpaired) electrons. The van der Waals surface area contributed by atoms with Crippen molar-refractivity contribution < 1.29 is 18.6 Å². The van der Waals surface area contributed by atoms with Gasteiger partial charge >= 0.3 is 11.3 Å². The highest BCUT2D eigenvalue weighted by Gasteiger charge is 2.38. The quantitative estimate of drug-likeness (QED) is 0.189. The van der Waals surface area contributed by atoms with Crippen LogP contribution >= 0.6 is 0 Å². The first-order chi connectivity index (χ1) is 21.1. The molecule has 15 heteroatoms. The number of rotatable bonds is 10. The van der Waals surface area contributed by atoms with Gasteiger partial charge in [0.2, 0.25) is 11.0 Å². The number of nitrogens with zero attached hydrogens (tertiary/aromatic N) is 7. The first-order valence-corrected chi connectivity index (χ1v) is 15.7. The molecule has 6 atom stereocenters. The van der Waals surface area contributed by atoms with E-state index in [-0.39, 0.29) is 47.7 Å². The van der Waals surface area contributed by atoms with E-state index in [9.17, 15) is 9.59 Å². The van der Waals surface area contributed by atoms with E-state index in [1.54, 1.807) is 0 Å². The Kier molecular flexibility index (Phi) is 8.20. The maximum atomic E-state index is 13.0. The highest BCUT2D eigenvalue weighted by atomic mass is 16.5. The van der Waals surface area contributed by atoms with Crippen molar-refractivity contribution in [3.8, 4) is 0 Å². The number of imidazole rings is 2. The zero-order chi connectivity index (χ0) is 31.3. The number of anilines is 2. The Balaban J connectivity index is 1.20. The minimum Gasteiger partial charge on any atom is -0.355 e. The first-order valence-electron chi connectivity index (χ1n) is 15.7. The van der Waals surface area contributed by atoms with Crippen molar-refractivity contribution in [1.29, 1.82) is 0 Å². The number of ether oxygens (including phenoxy) is 2. The number of nitrogens with one attached hydrogen (secondary N) is 2. The summed E-state index contributed by atoms with van der Waals surface area (Å²) in [4.78, 5) is 42.4. The number of aromatic amines is 2. The molecule has 4 aromatic rings. The summed E-state index contributed by atoms with van der Waals surface area (Å²) in [7, 11) is 2.02. The third kappa shape index (κ3) is 5.48. The molecular weight excluding hydrogens is 566 g/mol. The second-order valence-corrected chi connectivity index (χ2v) is 12.5. The van der Waals surface area contributed by atoms with E-state index < -0.39 is 0 Å². The molecule has 2 aliphatic heterocycles. The number of hydrogen-bond donors (Lipinski definition) is 4. The predicted molar refractivity (Wildman–Crippen MR) is 163 cm³/mol. The number of aromatic nitrogens is 8. The van der Waals surface area contributed by atoms with Crippen LogP contribution in [0.5, 0.6) is 0 Å². The fraction of sp³-hybridized carbons (Fsp3) is 0.655. The molecule has 6 N–H and O–H groups in total. The highest BCUT2D eigenvalue weighted by molar-refractivity contribution is 5.68. The summed E-state index contributed by atoms with van der Waals surface area (Å²) in [6.07, 6.45) is 7.27. The van der Waals surface area contributed by atoms with Crippen LogP contribution in [0.1, 0.15) is 65.8 Å². The molecule has 0 amide bonds. The number of nitrogens with two attached hydrogens (primary N) is 2. The van der Waals surface area contributed by atoms with Crippen LogP contribution in [-0.4, -0.2) is 66.3 Å². The Hall–Kier alpha value is -3.82. The Morgan fingerprint density at radius 2 is 1.25 bits per heavy atom. The summed E-state index contributed by atoms with van der Waals surface area (Å²) in [5, 5.41) is 0. The van der Waals surface area contributed by atoms with E-state index in [2.05, 4.69) is 52.5 Å². The average Bonchev–Trinajstić information content (AvgIpc) is 3.73. The fourth-order valence-corrected chi connectivity index (χ4v) is 6.85. The van der Waals surface area contributed by atoms with Gasteiger partial charge in [-0.2, -0.15) is 0 Å². The van der Waals surface area contributed by atoms with Gasteiger partial charge in [-0.15, -0.1) is 0 Å². The molecule has 0 aliphatic carbocycles.